The van der Waals surface area contributed by atoms with E-state index in [0.717, 1.165) is 11.0 Å². The van der Waals surface area contributed by atoms with E-state index in [1.807, 2.05) is 58.9 Å². The first-order valence-electron chi connectivity index (χ1n) is 11.6. The molecule has 7 heteroatoms. The second kappa shape index (κ2) is 9.20. The molecule has 1 heterocycles. The number of hydrogen-bond acceptors (Lipinski definition) is 4. The number of nitrogens with two attached hydrogens (primary N) is 1. The molecule has 4 nitrogen and oxygen atoms in total. The minimum Gasteiger partial charge on any atom is -0.417 e. The summed E-state index contributed by atoms with van der Waals surface area (Å²) < 4.78 is 19.2. The van der Waals surface area contributed by atoms with E-state index in [9.17, 15) is 0 Å². The number of hydrogen-bond donors (Lipinski definition) is 1. The van der Waals surface area contributed by atoms with Gasteiger partial charge in [-0.3, -0.25) is 0 Å². The first kappa shape index (κ1) is 27.6. The normalized spacial score (nSPS) is 21.3. The third-order valence-corrected chi connectivity index (χ3v) is 12.7. The van der Waals surface area contributed by atoms with Crippen LogP contribution in [0.4, 0.5) is 0 Å². The maximum Gasteiger partial charge on any atom is 0.490 e. The standard InChI is InChI=1S/C25H43BClNO3Si/c1-18(26-30-23(5,6)24(7,8)31-26)19(16-17-29-32(10,11)22(2,3)4)25(9,28)20-14-12-13-15-21(20)27/h12-15,19H,1,16-17,28H2,2-11H3/t19-,25+/m0/s1. The van der Waals surface area contributed by atoms with Gasteiger partial charge in [-0.2, -0.15) is 0 Å². The lowest BCUT2D eigenvalue weighted by Gasteiger charge is -2.40. The van der Waals surface area contributed by atoms with Crippen molar-refractivity contribution in [3.63, 3.8) is 0 Å². The van der Waals surface area contributed by atoms with Crippen LogP contribution in [-0.2, 0) is 19.3 Å². The molecule has 180 valence electrons. The van der Waals surface area contributed by atoms with Gasteiger partial charge in [0.05, 0.1) is 11.2 Å². The SMILES string of the molecule is C=C(B1OC(C)(C)C(C)(C)O1)[C@H](CCO[Si](C)(C)C(C)(C)C)[C@@](C)(N)c1ccccc1Cl. The fourth-order valence-electron chi connectivity index (χ4n) is 3.76. The van der Waals surface area contributed by atoms with Gasteiger partial charge in [0.15, 0.2) is 8.32 Å². The molecule has 0 radical (unpaired) electrons. The first-order valence-corrected chi connectivity index (χ1v) is 14.8. The molecule has 2 rings (SSSR count). The molecule has 0 amide bonds. The Morgan fingerprint density at radius 3 is 2.09 bits per heavy atom. The highest BCUT2D eigenvalue weighted by Crippen LogP contribution is 2.44. The van der Waals surface area contributed by atoms with Crippen LogP contribution in [0.3, 0.4) is 0 Å². The average Bonchev–Trinajstić information content (AvgIpc) is 2.85. The van der Waals surface area contributed by atoms with Gasteiger partial charge in [-0.25, -0.2) is 0 Å². The highest BCUT2D eigenvalue weighted by atomic mass is 35.5. The van der Waals surface area contributed by atoms with Crippen LogP contribution in [0.25, 0.3) is 0 Å². The van der Waals surface area contributed by atoms with Crippen molar-refractivity contribution in [2.75, 3.05) is 6.61 Å². The predicted octanol–water partition coefficient (Wildman–Crippen LogP) is 6.73. The van der Waals surface area contributed by atoms with Crippen LogP contribution in [0.2, 0.25) is 23.2 Å². The molecular formula is C25H43BClNO3Si. The maximum atomic E-state index is 7.02. The van der Waals surface area contributed by atoms with E-state index in [-0.39, 0.29) is 11.0 Å². The molecule has 1 aliphatic rings. The summed E-state index contributed by atoms with van der Waals surface area (Å²) in [5.74, 6) is -0.151. The fourth-order valence-corrected chi connectivity index (χ4v) is 5.16. The highest BCUT2D eigenvalue weighted by molar-refractivity contribution is 6.74. The zero-order valence-electron chi connectivity index (χ0n) is 21.8. The molecular weight excluding hydrogens is 437 g/mol. The van der Waals surface area contributed by atoms with Gasteiger partial charge in [-0.1, -0.05) is 50.6 Å². The van der Waals surface area contributed by atoms with Gasteiger partial charge in [0, 0.05) is 23.1 Å². The summed E-state index contributed by atoms with van der Waals surface area (Å²) in [6.07, 6.45) is 0.702. The van der Waals surface area contributed by atoms with Crippen molar-refractivity contribution >= 4 is 27.0 Å². The van der Waals surface area contributed by atoms with Gasteiger partial charge in [0.25, 0.3) is 0 Å². The Labute approximate surface area is 202 Å². The first-order chi connectivity index (χ1) is 14.3. The number of halogens is 1. The smallest absolute Gasteiger partial charge is 0.417 e. The van der Waals surface area contributed by atoms with Crippen LogP contribution in [0.5, 0.6) is 0 Å². The molecule has 0 unspecified atom stereocenters. The lowest BCUT2D eigenvalue weighted by molar-refractivity contribution is 0.00578. The summed E-state index contributed by atoms with van der Waals surface area (Å²) in [7, 11) is -2.43. The Morgan fingerprint density at radius 2 is 1.62 bits per heavy atom. The van der Waals surface area contributed by atoms with Crippen LogP contribution in [0.1, 0.15) is 67.4 Å². The van der Waals surface area contributed by atoms with Crippen LogP contribution >= 0.6 is 11.6 Å². The quantitative estimate of drug-likeness (QED) is 0.420. The molecule has 1 saturated heterocycles. The van der Waals surface area contributed by atoms with Gasteiger partial charge < -0.3 is 19.5 Å². The lowest BCUT2D eigenvalue weighted by atomic mass is 9.63. The Balaban J connectivity index is 2.35. The summed E-state index contributed by atoms with van der Waals surface area (Å²) in [5.41, 5.74) is 7.07. The van der Waals surface area contributed by atoms with Crippen molar-refractivity contribution in [3.8, 4) is 0 Å². The molecule has 0 spiro atoms. The van der Waals surface area contributed by atoms with Crippen molar-refractivity contribution in [2.24, 2.45) is 11.7 Å². The van der Waals surface area contributed by atoms with Crippen molar-refractivity contribution in [3.05, 3.63) is 46.9 Å². The van der Waals surface area contributed by atoms with Crippen molar-refractivity contribution < 1.29 is 13.7 Å². The molecule has 2 atom stereocenters. The summed E-state index contributed by atoms with van der Waals surface area (Å²) in [4.78, 5) is 0. The molecule has 2 N–H and O–H groups in total. The van der Waals surface area contributed by atoms with E-state index >= 15 is 0 Å². The maximum absolute atomic E-state index is 7.02. The van der Waals surface area contributed by atoms with Gasteiger partial charge in [0.2, 0.25) is 0 Å². The summed E-state index contributed by atoms with van der Waals surface area (Å²) in [6.45, 7) is 26.5. The van der Waals surface area contributed by atoms with E-state index in [1.165, 1.54) is 0 Å². The summed E-state index contributed by atoms with van der Waals surface area (Å²) >= 11 is 6.58. The zero-order chi connectivity index (χ0) is 24.8. The van der Waals surface area contributed by atoms with Crippen LogP contribution in [0.15, 0.2) is 36.3 Å². The molecule has 0 saturated carbocycles. The van der Waals surface area contributed by atoms with E-state index in [4.69, 9.17) is 31.1 Å². The summed E-state index contributed by atoms with van der Waals surface area (Å²) in [6, 6.07) is 7.75. The highest BCUT2D eigenvalue weighted by Gasteiger charge is 2.54. The number of rotatable bonds is 8. The number of benzene rings is 1. The Hall–Kier alpha value is -0.628. The minimum absolute atomic E-state index is 0.139. The van der Waals surface area contributed by atoms with Gasteiger partial charge in [-0.15, -0.1) is 6.58 Å². The van der Waals surface area contributed by atoms with E-state index in [0.29, 0.717) is 18.1 Å². The third-order valence-electron chi connectivity index (χ3n) is 7.86. The molecule has 0 bridgehead atoms. The lowest BCUT2D eigenvalue weighted by Crippen LogP contribution is -2.47. The van der Waals surface area contributed by atoms with Crippen molar-refractivity contribution in [1.29, 1.82) is 0 Å². The van der Waals surface area contributed by atoms with E-state index in [2.05, 4.69) is 40.4 Å². The molecule has 32 heavy (non-hydrogen) atoms. The predicted molar refractivity (Wildman–Crippen MR) is 139 cm³/mol. The van der Waals surface area contributed by atoms with Crippen LogP contribution < -0.4 is 5.73 Å². The minimum atomic E-state index is -1.89. The Morgan fingerprint density at radius 1 is 1.12 bits per heavy atom. The topological polar surface area (TPSA) is 53.7 Å². The molecule has 1 fully saturated rings. The van der Waals surface area contributed by atoms with Crippen molar-refractivity contribution in [2.45, 2.75) is 96.7 Å². The van der Waals surface area contributed by atoms with Gasteiger partial charge in [-0.05, 0) is 76.3 Å². The monoisotopic (exact) mass is 479 g/mol. The second-order valence-corrected chi connectivity index (χ2v) is 17.1. The molecule has 1 aromatic carbocycles. The van der Waals surface area contributed by atoms with Crippen LogP contribution in [0, 0.1) is 5.92 Å². The van der Waals surface area contributed by atoms with Crippen LogP contribution in [-0.4, -0.2) is 33.2 Å². The molecule has 0 aliphatic carbocycles. The van der Waals surface area contributed by atoms with Crippen molar-refractivity contribution in [1.82, 2.24) is 0 Å². The molecule has 0 aromatic heterocycles. The second-order valence-electron chi connectivity index (χ2n) is 11.9. The fraction of sp³-hybridized carbons (Fsp3) is 0.680. The van der Waals surface area contributed by atoms with E-state index in [1.54, 1.807) is 0 Å². The van der Waals surface area contributed by atoms with E-state index < -0.39 is 32.2 Å². The largest absolute Gasteiger partial charge is 0.490 e. The Kier molecular flexibility index (Phi) is 7.94. The zero-order valence-corrected chi connectivity index (χ0v) is 23.5. The van der Waals surface area contributed by atoms with Gasteiger partial charge >= 0.3 is 7.12 Å². The average molecular weight is 480 g/mol. The Bertz CT molecular complexity index is 817. The summed E-state index contributed by atoms with van der Waals surface area (Å²) in [5, 5.41) is 0.787. The van der Waals surface area contributed by atoms with Gasteiger partial charge in [0.1, 0.15) is 0 Å². The third kappa shape index (κ3) is 5.53. The molecule has 1 aromatic rings. The molecule has 1 aliphatic heterocycles.